The normalized spacial score (nSPS) is 11.1. The van der Waals surface area contributed by atoms with Gasteiger partial charge in [-0.25, -0.2) is 9.18 Å². The average Bonchev–Trinajstić information content (AvgIpc) is 2.85. The average molecular weight is 453 g/mol. The van der Waals surface area contributed by atoms with Crippen molar-refractivity contribution in [3.8, 4) is 5.75 Å². The van der Waals surface area contributed by atoms with Crippen molar-refractivity contribution in [3.05, 3.63) is 124 Å². The number of aromatic nitrogens is 1. The summed E-state index contributed by atoms with van der Waals surface area (Å²) in [5.41, 5.74) is 1.42. The molecule has 0 radical (unpaired) electrons. The second-order valence-electron chi connectivity index (χ2n) is 8.08. The fraction of sp³-hybridized carbons (Fsp3) is 0.0714. The highest BCUT2D eigenvalue weighted by Gasteiger charge is 2.15. The van der Waals surface area contributed by atoms with Gasteiger partial charge in [0.25, 0.3) is 0 Å². The van der Waals surface area contributed by atoms with E-state index in [-0.39, 0.29) is 23.3 Å². The minimum Gasteiger partial charge on any atom is -0.489 e. The molecule has 0 saturated heterocycles. The molecule has 1 N–H and O–H groups in total. The second-order valence-corrected chi connectivity index (χ2v) is 8.08. The van der Waals surface area contributed by atoms with Crippen LogP contribution in [0.4, 0.5) is 4.39 Å². The summed E-state index contributed by atoms with van der Waals surface area (Å²) in [7, 11) is 0. The first-order valence-electron chi connectivity index (χ1n) is 10.7. The van der Waals surface area contributed by atoms with Crippen molar-refractivity contribution in [1.29, 1.82) is 0 Å². The number of carboxylic acid groups (broad SMARTS) is 1. The van der Waals surface area contributed by atoms with Crippen LogP contribution in [0.15, 0.2) is 95.9 Å². The third-order valence-electron chi connectivity index (χ3n) is 5.77. The van der Waals surface area contributed by atoms with Crippen molar-refractivity contribution in [2.45, 2.75) is 13.2 Å². The van der Waals surface area contributed by atoms with Gasteiger partial charge in [-0.05, 0) is 58.3 Å². The summed E-state index contributed by atoms with van der Waals surface area (Å²) in [4.78, 5) is 24.6. The van der Waals surface area contributed by atoms with Crippen molar-refractivity contribution in [1.82, 2.24) is 4.57 Å². The van der Waals surface area contributed by atoms with Gasteiger partial charge in [-0.3, -0.25) is 4.79 Å². The van der Waals surface area contributed by atoms with E-state index in [1.807, 2.05) is 36.4 Å². The Morgan fingerprint density at radius 1 is 0.882 bits per heavy atom. The zero-order valence-corrected chi connectivity index (χ0v) is 18.1. The van der Waals surface area contributed by atoms with Crippen LogP contribution in [0.1, 0.15) is 21.5 Å². The number of fused-ring (bicyclic) bond motifs is 2. The summed E-state index contributed by atoms with van der Waals surface area (Å²) in [5, 5.41) is 12.1. The van der Waals surface area contributed by atoms with Crippen LogP contribution in [-0.2, 0) is 13.2 Å². The molecule has 5 nitrogen and oxygen atoms in total. The first kappa shape index (κ1) is 21.4. The molecule has 6 heteroatoms. The molecular weight excluding hydrogens is 433 g/mol. The van der Waals surface area contributed by atoms with Crippen LogP contribution in [0.2, 0.25) is 0 Å². The van der Waals surface area contributed by atoms with Gasteiger partial charge in [-0.1, -0.05) is 48.5 Å². The summed E-state index contributed by atoms with van der Waals surface area (Å²) < 4.78 is 20.9. The smallest absolute Gasteiger partial charge is 0.341 e. The third kappa shape index (κ3) is 4.26. The molecule has 0 bridgehead atoms. The van der Waals surface area contributed by atoms with E-state index in [0.29, 0.717) is 17.9 Å². The molecule has 5 rings (SSSR count). The van der Waals surface area contributed by atoms with Crippen LogP contribution >= 0.6 is 0 Å². The Kier molecular flexibility index (Phi) is 5.55. The Morgan fingerprint density at radius 2 is 1.62 bits per heavy atom. The Morgan fingerprint density at radius 3 is 2.38 bits per heavy atom. The lowest BCUT2D eigenvalue weighted by atomic mass is 10.1. The van der Waals surface area contributed by atoms with Crippen molar-refractivity contribution < 1.29 is 19.0 Å². The lowest BCUT2D eigenvalue weighted by Gasteiger charge is -2.14. The quantitative estimate of drug-likeness (QED) is 0.362. The number of halogens is 1. The fourth-order valence-corrected chi connectivity index (χ4v) is 4.03. The van der Waals surface area contributed by atoms with Gasteiger partial charge in [-0.15, -0.1) is 0 Å². The van der Waals surface area contributed by atoms with Crippen LogP contribution in [0.25, 0.3) is 21.7 Å². The summed E-state index contributed by atoms with van der Waals surface area (Å²) >= 11 is 0. The van der Waals surface area contributed by atoms with E-state index in [1.54, 1.807) is 34.9 Å². The number of hydrogen-bond acceptors (Lipinski definition) is 3. The zero-order chi connectivity index (χ0) is 23.7. The lowest BCUT2D eigenvalue weighted by Crippen LogP contribution is -2.19. The van der Waals surface area contributed by atoms with E-state index in [9.17, 15) is 19.1 Å². The molecule has 4 aromatic carbocycles. The number of benzene rings is 4. The van der Waals surface area contributed by atoms with Gasteiger partial charge in [0.2, 0.25) is 5.43 Å². The number of ether oxygens (including phenoxy) is 1. The summed E-state index contributed by atoms with van der Waals surface area (Å²) in [5.74, 6) is -1.19. The predicted molar refractivity (Wildman–Crippen MR) is 129 cm³/mol. The highest BCUT2D eigenvalue weighted by atomic mass is 19.1. The van der Waals surface area contributed by atoms with Gasteiger partial charge < -0.3 is 14.4 Å². The second kappa shape index (κ2) is 8.83. The van der Waals surface area contributed by atoms with Crippen molar-refractivity contribution in [2.24, 2.45) is 0 Å². The highest BCUT2D eigenvalue weighted by Crippen LogP contribution is 2.23. The Bertz CT molecular complexity index is 1590. The molecule has 0 amide bonds. The first-order chi connectivity index (χ1) is 16.5. The van der Waals surface area contributed by atoms with Crippen LogP contribution in [0.5, 0.6) is 5.75 Å². The molecule has 1 aromatic heterocycles. The predicted octanol–water partition coefficient (Wildman–Crippen LogP) is 5.62. The van der Waals surface area contributed by atoms with Gasteiger partial charge in [0, 0.05) is 12.7 Å². The number of nitrogens with zero attached hydrogens (tertiary/aromatic N) is 1. The van der Waals surface area contributed by atoms with Crippen molar-refractivity contribution in [2.75, 3.05) is 0 Å². The molecule has 34 heavy (non-hydrogen) atoms. The van der Waals surface area contributed by atoms with E-state index < -0.39 is 11.4 Å². The molecule has 0 spiro atoms. The maximum absolute atomic E-state index is 13.3. The topological polar surface area (TPSA) is 68.5 Å². The highest BCUT2D eigenvalue weighted by molar-refractivity contribution is 5.93. The van der Waals surface area contributed by atoms with E-state index in [4.69, 9.17) is 4.74 Å². The van der Waals surface area contributed by atoms with Gasteiger partial charge in [0.15, 0.2) is 0 Å². The minimum atomic E-state index is -1.30. The first-order valence-corrected chi connectivity index (χ1v) is 10.7. The monoisotopic (exact) mass is 453 g/mol. The molecule has 0 unspecified atom stereocenters. The molecule has 0 aliphatic heterocycles. The Hall–Kier alpha value is -4.45. The summed E-state index contributed by atoms with van der Waals surface area (Å²) in [6, 6.07) is 25.1. The largest absolute Gasteiger partial charge is 0.489 e. The van der Waals surface area contributed by atoms with E-state index in [0.717, 1.165) is 21.9 Å². The van der Waals surface area contributed by atoms with E-state index in [1.165, 1.54) is 18.3 Å². The maximum Gasteiger partial charge on any atom is 0.341 e. The Balaban J connectivity index is 1.49. The van der Waals surface area contributed by atoms with Gasteiger partial charge >= 0.3 is 5.97 Å². The molecule has 0 fully saturated rings. The molecule has 0 aliphatic carbocycles. The number of pyridine rings is 1. The maximum atomic E-state index is 13.3. The number of aromatic carboxylic acids is 1. The number of carbonyl (C=O) groups is 1. The lowest BCUT2D eigenvalue weighted by molar-refractivity contribution is 0.0695. The fourth-order valence-electron chi connectivity index (χ4n) is 4.03. The molecule has 0 atom stereocenters. The van der Waals surface area contributed by atoms with Crippen LogP contribution in [0.3, 0.4) is 0 Å². The molecule has 5 aromatic rings. The van der Waals surface area contributed by atoms with Gasteiger partial charge in [0.05, 0.1) is 10.9 Å². The number of hydrogen-bond donors (Lipinski definition) is 1. The molecule has 0 saturated carbocycles. The molecule has 168 valence electrons. The zero-order valence-electron chi connectivity index (χ0n) is 18.1. The standard InChI is InChI=1S/C28H20FNO4/c29-22-9-6-18(7-10-22)15-30-16-25(28(32)33)27(31)24-14-23(11-12-26(24)30)34-17-19-5-8-20-3-1-2-4-21(20)13-19/h1-14,16H,15,17H2,(H,32,33). The Labute approximate surface area is 194 Å². The SMILES string of the molecule is O=C(O)c1cn(Cc2ccc(F)cc2)c2ccc(OCc3ccc4ccccc4c3)cc2c1=O. The van der Waals surface area contributed by atoms with Crippen molar-refractivity contribution >= 4 is 27.6 Å². The van der Waals surface area contributed by atoms with E-state index in [2.05, 4.69) is 6.07 Å². The number of rotatable bonds is 6. The van der Waals surface area contributed by atoms with Crippen LogP contribution in [0, 0.1) is 5.82 Å². The molecule has 1 heterocycles. The molecular formula is C28H20FNO4. The third-order valence-corrected chi connectivity index (χ3v) is 5.77. The van der Waals surface area contributed by atoms with Gasteiger partial charge in [-0.2, -0.15) is 0 Å². The minimum absolute atomic E-state index is 0.248. The van der Waals surface area contributed by atoms with Gasteiger partial charge in [0.1, 0.15) is 23.7 Å². The van der Waals surface area contributed by atoms with E-state index >= 15 is 0 Å². The summed E-state index contributed by atoms with van der Waals surface area (Å²) in [6.45, 7) is 0.591. The van der Waals surface area contributed by atoms with Crippen LogP contribution < -0.4 is 10.2 Å². The van der Waals surface area contributed by atoms with Crippen LogP contribution in [-0.4, -0.2) is 15.6 Å². The number of carboxylic acids is 1. The summed E-state index contributed by atoms with van der Waals surface area (Å²) in [6.07, 6.45) is 1.33. The molecule has 0 aliphatic rings. The van der Waals surface area contributed by atoms with Crippen molar-refractivity contribution in [3.63, 3.8) is 0 Å².